The summed E-state index contributed by atoms with van der Waals surface area (Å²) in [6.07, 6.45) is -0.163. The van der Waals surface area contributed by atoms with Gasteiger partial charge in [-0.2, -0.15) is 0 Å². The summed E-state index contributed by atoms with van der Waals surface area (Å²) < 4.78 is 24.9. The van der Waals surface area contributed by atoms with E-state index in [2.05, 4.69) is 4.52 Å². The van der Waals surface area contributed by atoms with Crippen LogP contribution >= 0.6 is 32.6 Å². The van der Waals surface area contributed by atoms with Crippen molar-refractivity contribution in [3.05, 3.63) is 0 Å². The normalized spacial score (nSPS) is 10.8. The van der Waals surface area contributed by atoms with Crippen LogP contribution in [-0.4, -0.2) is 35.9 Å². The zero-order chi connectivity index (χ0) is 11.0. The lowest BCUT2D eigenvalue weighted by atomic mass is 10.4. The molecular weight excluding hydrogens is 282 g/mol. The van der Waals surface area contributed by atoms with Crippen LogP contribution in [-0.2, 0) is 18.6 Å². The summed E-state index contributed by atoms with van der Waals surface area (Å²) >= 11 is 0. The maximum Gasteiger partial charge on any atom is 0.469 e. The molecule has 0 aromatic carbocycles. The minimum Gasteiger partial charge on any atom is -0.353 e. The second-order valence-electron chi connectivity index (χ2n) is 2.45. The van der Waals surface area contributed by atoms with E-state index >= 15 is 0 Å². The number of halogens is 2. The lowest BCUT2D eigenvalue weighted by Gasteiger charge is -2.16. The molecule has 16 heavy (non-hydrogen) atoms. The van der Waals surface area contributed by atoms with Gasteiger partial charge in [-0.05, 0) is 13.8 Å². The van der Waals surface area contributed by atoms with Crippen molar-refractivity contribution in [3.8, 4) is 0 Å². The highest BCUT2D eigenvalue weighted by Gasteiger charge is 2.15. The zero-order valence-corrected chi connectivity index (χ0v) is 11.7. The first-order chi connectivity index (χ1) is 6.49. The van der Waals surface area contributed by atoms with E-state index in [0.717, 1.165) is 0 Å². The quantitative estimate of drug-likeness (QED) is 0.524. The van der Waals surface area contributed by atoms with E-state index in [4.69, 9.17) is 19.3 Å². The summed E-state index contributed by atoms with van der Waals surface area (Å²) in [5.74, 6) is 0. The van der Waals surface area contributed by atoms with Gasteiger partial charge < -0.3 is 19.3 Å². The predicted molar refractivity (Wildman–Crippen MR) is 64.1 cm³/mol. The highest BCUT2D eigenvalue weighted by atomic mass is 35.5. The van der Waals surface area contributed by atoms with Crippen LogP contribution in [0.4, 0.5) is 0 Å². The van der Waals surface area contributed by atoms with Crippen molar-refractivity contribution in [3.63, 3.8) is 0 Å². The molecule has 6 nitrogen and oxygen atoms in total. The third-order valence-electron chi connectivity index (χ3n) is 1.32. The summed E-state index contributed by atoms with van der Waals surface area (Å²) in [7, 11) is -4.37. The molecule has 0 aliphatic carbocycles. The Balaban J connectivity index is -0.000000845. The summed E-state index contributed by atoms with van der Waals surface area (Å²) in [6, 6.07) is 0. The fourth-order valence-corrected chi connectivity index (χ4v) is 1.20. The van der Waals surface area contributed by atoms with Crippen LogP contribution < -0.4 is 0 Å². The first-order valence-electron chi connectivity index (χ1n) is 4.43. The van der Waals surface area contributed by atoms with Gasteiger partial charge in [-0.25, -0.2) is 4.57 Å². The van der Waals surface area contributed by atoms with Gasteiger partial charge in [-0.1, -0.05) is 0 Å². The average Bonchev–Trinajstić information content (AvgIpc) is 2.02. The van der Waals surface area contributed by atoms with Gasteiger partial charge in [0.05, 0.1) is 6.61 Å². The highest BCUT2D eigenvalue weighted by Crippen LogP contribution is 2.35. The van der Waals surface area contributed by atoms with Gasteiger partial charge in [0.25, 0.3) is 0 Å². The molecule has 0 fully saturated rings. The van der Waals surface area contributed by atoms with Crippen LogP contribution in [0.15, 0.2) is 0 Å². The SMILES string of the molecule is CCOC(CCOP(=O)(O)O)OCC.Cl.Cl. The van der Waals surface area contributed by atoms with E-state index in [1.165, 1.54) is 0 Å². The van der Waals surface area contributed by atoms with Crippen molar-refractivity contribution in [2.24, 2.45) is 0 Å². The molecule has 9 heteroatoms. The zero-order valence-electron chi connectivity index (χ0n) is 9.20. The maximum atomic E-state index is 10.3. The van der Waals surface area contributed by atoms with Gasteiger partial charge in [0, 0.05) is 19.6 Å². The second-order valence-corrected chi connectivity index (χ2v) is 3.69. The molecule has 0 rings (SSSR count). The number of rotatable bonds is 8. The Morgan fingerprint density at radius 3 is 1.88 bits per heavy atom. The molecule has 0 saturated carbocycles. The van der Waals surface area contributed by atoms with Gasteiger partial charge in [0.15, 0.2) is 6.29 Å². The molecule has 0 spiro atoms. The van der Waals surface area contributed by atoms with Gasteiger partial charge in [0.2, 0.25) is 0 Å². The second kappa shape index (κ2) is 12.1. The molecule has 2 N–H and O–H groups in total. The van der Waals surface area contributed by atoms with E-state index in [0.29, 0.717) is 19.6 Å². The third kappa shape index (κ3) is 14.6. The van der Waals surface area contributed by atoms with Gasteiger partial charge in [-0.3, -0.25) is 4.52 Å². The van der Waals surface area contributed by atoms with E-state index in [-0.39, 0.29) is 31.4 Å². The summed E-state index contributed by atoms with van der Waals surface area (Å²) in [6.45, 7) is 4.52. The van der Waals surface area contributed by atoms with Crippen LogP contribution in [0.5, 0.6) is 0 Å². The van der Waals surface area contributed by atoms with Crippen LogP contribution in [0.1, 0.15) is 20.3 Å². The van der Waals surface area contributed by atoms with Crippen molar-refractivity contribution in [2.75, 3.05) is 19.8 Å². The minimum absolute atomic E-state index is 0. The average molecular weight is 301 g/mol. The first-order valence-corrected chi connectivity index (χ1v) is 5.96. The van der Waals surface area contributed by atoms with Crippen LogP contribution in [0.3, 0.4) is 0 Å². The monoisotopic (exact) mass is 300 g/mol. The molecule has 0 unspecified atom stereocenters. The summed E-state index contributed by atoms with van der Waals surface area (Å²) in [4.78, 5) is 16.8. The molecule has 0 aliphatic rings. The molecule has 0 amide bonds. The lowest BCUT2D eigenvalue weighted by molar-refractivity contribution is -0.143. The molecule has 0 bridgehead atoms. The number of hydrogen-bond donors (Lipinski definition) is 2. The molecule has 0 heterocycles. The van der Waals surface area contributed by atoms with Crippen molar-refractivity contribution in [1.82, 2.24) is 0 Å². The standard InChI is InChI=1S/C7H17O6P.2ClH/c1-3-11-7(12-4-2)5-6-13-14(8,9)10;;/h7H,3-6H2,1-2H3,(H2,8,9,10);2*1H. The Labute approximate surface area is 108 Å². The van der Waals surface area contributed by atoms with Crippen LogP contribution in [0.25, 0.3) is 0 Å². The van der Waals surface area contributed by atoms with Gasteiger partial charge in [-0.15, -0.1) is 24.8 Å². The minimum atomic E-state index is -4.37. The fraction of sp³-hybridized carbons (Fsp3) is 1.00. The number of phosphoric ester groups is 1. The number of ether oxygens (including phenoxy) is 2. The smallest absolute Gasteiger partial charge is 0.353 e. The van der Waals surface area contributed by atoms with Gasteiger partial charge in [0.1, 0.15) is 0 Å². The largest absolute Gasteiger partial charge is 0.469 e. The van der Waals surface area contributed by atoms with E-state index < -0.39 is 14.1 Å². The van der Waals surface area contributed by atoms with Crippen molar-refractivity contribution in [2.45, 2.75) is 26.6 Å². The Hall–Kier alpha value is 0.610. The topological polar surface area (TPSA) is 85.2 Å². The Kier molecular flexibility index (Phi) is 16.5. The molecule has 0 atom stereocenters. The molecule has 0 aliphatic heterocycles. The predicted octanol–water partition coefficient (Wildman–Crippen LogP) is 1.73. The van der Waals surface area contributed by atoms with Crippen LogP contribution in [0.2, 0.25) is 0 Å². The van der Waals surface area contributed by atoms with E-state index in [9.17, 15) is 4.57 Å². The van der Waals surface area contributed by atoms with Crippen molar-refractivity contribution >= 4 is 32.6 Å². The van der Waals surface area contributed by atoms with Crippen LogP contribution in [0, 0.1) is 0 Å². The molecular formula is C7H19Cl2O6P. The molecule has 102 valence electrons. The Morgan fingerprint density at radius 1 is 1.12 bits per heavy atom. The lowest BCUT2D eigenvalue weighted by Crippen LogP contribution is -2.19. The Morgan fingerprint density at radius 2 is 1.56 bits per heavy atom. The number of hydrogen-bond acceptors (Lipinski definition) is 4. The molecule has 0 saturated heterocycles. The summed E-state index contributed by atoms with van der Waals surface area (Å²) in [5.41, 5.74) is 0. The maximum absolute atomic E-state index is 10.3. The number of phosphoric acid groups is 1. The Bertz CT molecular complexity index is 182. The molecule has 0 aromatic rings. The fourth-order valence-electron chi connectivity index (χ4n) is 0.854. The van der Waals surface area contributed by atoms with Crippen molar-refractivity contribution in [1.29, 1.82) is 0 Å². The summed E-state index contributed by atoms with van der Waals surface area (Å²) in [5, 5.41) is 0. The highest BCUT2D eigenvalue weighted by molar-refractivity contribution is 7.46. The van der Waals surface area contributed by atoms with Gasteiger partial charge >= 0.3 is 7.82 Å². The molecule has 0 radical (unpaired) electrons. The van der Waals surface area contributed by atoms with E-state index in [1.807, 2.05) is 13.8 Å². The van der Waals surface area contributed by atoms with Crippen molar-refractivity contribution < 1.29 is 28.3 Å². The first kappa shape index (κ1) is 21.9. The third-order valence-corrected chi connectivity index (χ3v) is 1.84. The van der Waals surface area contributed by atoms with E-state index in [1.54, 1.807) is 0 Å². The molecule has 0 aromatic heterocycles.